The number of nitrogens with one attached hydrogen (secondary N) is 2. The zero-order chi connectivity index (χ0) is 19.9. The van der Waals surface area contributed by atoms with Gasteiger partial charge >= 0.3 is 5.97 Å². The molecule has 0 atom stereocenters. The maximum Gasteiger partial charge on any atom is 0.339 e. The van der Waals surface area contributed by atoms with Crippen LogP contribution in [0.3, 0.4) is 0 Å². The Kier molecular flexibility index (Phi) is 6.14. The molecular weight excluding hydrogens is 372 g/mol. The molecule has 0 saturated carbocycles. The third-order valence-corrected chi connectivity index (χ3v) is 4.26. The van der Waals surface area contributed by atoms with Gasteiger partial charge in [-0.3, -0.25) is 10.1 Å². The van der Waals surface area contributed by atoms with E-state index in [1.165, 1.54) is 13.2 Å². The number of ether oxygens (including phenoxy) is 1. The van der Waals surface area contributed by atoms with E-state index in [-0.39, 0.29) is 11.0 Å². The molecule has 1 amide bonds. The van der Waals surface area contributed by atoms with Crippen molar-refractivity contribution in [3.8, 4) is 0 Å². The van der Waals surface area contributed by atoms with Crippen LogP contribution >= 0.6 is 12.2 Å². The number of carbonyl (C=O) groups excluding carboxylic acids is 2. The van der Waals surface area contributed by atoms with Crippen LogP contribution in [0.15, 0.2) is 72.8 Å². The van der Waals surface area contributed by atoms with E-state index in [0.717, 1.165) is 16.3 Å². The largest absolute Gasteiger partial charge is 0.465 e. The second kappa shape index (κ2) is 8.92. The van der Waals surface area contributed by atoms with Gasteiger partial charge in [-0.25, -0.2) is 4.79 Å². The number of para-hydroxylation sites is 1. The molecular formula is C22H18N2O3S. The molecule has 6 heteroatoms. The van der Waals surface area contributed by atoms with Crippen LogP contribution in [0.2, 0.25) is 0 Å². The quantitative estimate of drug-likeness (QED) is 0.398. The summed E-state index contributed by atoms with van der Waals surface area (Å²) >= 11 is 5.17. The molecule has 0 saturated heterocycles. The van der Waals surface area contributed by atoms with Gasteiger partial charge in [-0.15, -0.1) is 0 Å². The first kappa shape index (κ1) is 19.3. The van der Waals surface area contributed by atoms with Gasteiger partial charge in [0.15, 0.2) is 5.11 Å². The van der Waals surface area contributed by atoms with Gasteiger partial charge in [-0.2, -0.15) is 0 Å². The van der Waals surface area contributed by atoms with Gasteiger partial charge in [0.05, 0.1) is 18.4 Å². The van der Waals surface area contributed by atoms with Crippen molar-refractivity contribution in [2.45, 2.75) is 0 Å². The maximum atomic E-state index is 12.2. The molecule has 0 spiro atoms. The predicted molar refractivity (Wildman–Crippen MR) is 115 cm³/mol. The minimum absolute atomic E-state index is 0.0870. The van der Waals surface area contributed by atoms with E-state index in [1.807, 2.05) is 42.5 Å². The van der Waals surface area contributed by atoms with E-state index in [9.17, 15) is 9.59 Å². The van der Waals surface area contributed by atoms with Gasteiger partial charge in [-0.1, -0.05) is 54.6 Å². The van der Waals surface area contributed by atoms with Gasteiger partial charge < -0.3 is 10.1 Å². The van der Waals surface area contributed by atoms with E-state index >= 15 is 0 Å². The van der Waals surface area contributed by atoms with Gasteiger partial charge in [0.25, 0.3) is 0 Å². The first-order valence-corrected chi connectivity index (χ1v) is 8.94. The van der Waals surface area contributed by atoms with E-state index in [2.05, 4.69) is 10.6 Å². The number of rotatable bonds is 4. The van der Waals surface area contributed by atoms with Gasteiger partial charge in [0.2, 0.25) is 5.91 Å². The number of amides is 1. The van der Waals surface area contributed by atoms with Crippen molar-refractivity contribution in [1.29, 1.82) is 0 Å². The Labute approximate surface area is 168 Å². The summed E-state index contributed by atoms with van der Waals surface area (Å²) < 4.78 is 4.74. The average molecular weight is 390 g/mol. The molecule has 0 radical (unpaired) electrons. The fourth-order valence-electron chi connectivity index (χ4n) is 2.75. The standard InChI is InChI=1S/C22H18N2O3S/c1-27-21(26)18-11-4-5-12-19(18)23-22(28)24-20(25)14-13-16-9-6-8-15-7-2-3-10-17(15)16/h2-14H,1H3,(H2,23,24,25,28)/b14-13+. The Balaban J connectivity index is 1.67. The smallest absolute Gasteiger partial charge is 0.339 e. The van der Waals surface area contributed by atoms with Crippen molar-refractivity contribution in [2.75, 3.05) is 12.4 Å². The molecule has 0 aliphatic rings. The van der Waals surface area contributed by atoms with E-state index in [0.29, 0.717) is 11.3 Å². The molecule has 0 heterocycles. The first-order valence-electron chi connectivity index (χ1n) is 8.53. The highest BCUT2D eigenvalue weighted by atomic mass is 32.1. The lowest BCUT2D eigenvalue weighted by molar-refractivity contribution is -0.115. The number of anilines is 1. The summed E-state index contributed by atoms with van der Waals surface area (Å²) in [5.74, 6) is -0.867. The molecule has 0 bridgehead atoms. The Hall–Kier alpha value is -3.51. The van der Waals surface area contributed by atoms with Crippen molar-refractivity contribution in [3.05, 3.63) is 83.9 Å². The number of fused-ring (bicyclic) bond motifs is 1. The van der Waals surface area contributed by atoms with Gasteiger partial charge in [0.1, 0.15) is 0 Å². The van der Waals surface area contributed by atoms with Crippen molar-refractivity contribution in [2.24, 2.45) is 0 Å². The van der Waals surface area contributed by atoms with Crippen LogP contribution in [0, 0.1) is 0 Å². The van der Waals surface area contributed by atoms with Crippen LogP contribution in [0.1, 0.15) is 15.9 Å². The van der Waals surface area contributed by atoms with E-state index in [4.69, 9.17) is 17.0 Å². The Morgan fingerprint density at radius 1 is 0.964 bits per heavy atom. The lowest BCUT2D eigenvalue weighted by Gasteiger charge is -2.11. The SMILES string of the molecule is COC(=O)c1ccccc1NC(=S)NC(=O)/C=C/c1cccc2ccccc12. The lowest BCUT2D eigenvalue weighted by atomic mass is 10.0. The zero-order valence-corrected chi connectivity index (χ0v) is 16.0. The number of hydrogen-bond acceptors (Lipinski definition) is 4. The summed E-state index contributed by atoms with van der Waals surface area (Å²) in [6.45, 7) is 0. The molecule has 3 aromatic rings. The lowest BCUT2D eigenvalue weighted by Crippen LogP contribution is -2.33. The molecule has 0 aliphatic heterocycles. The van der Waals surface area contributed by atoms with Gasteiger partial charge in [0, 0.05) is 6.08 Å². The van der Waals surface area contributed by atoms with Crippen LogP contribution in [0.5, 0.6) is 0 Å². The molecule has 2 N–H and O–H groups in total. The summed E-state index contributed by atoms with van der Waals surface area (Å²) in [5.41, 5.74) is 1.72. The molecule has 140 valence electrons. The normalized spacial score (nSPS) is 10.6. The molecule has 0 fully saturated rings. The fourth-order valence-corrected chi connectivity index (χ4v) is 2.96. The number of benzene rings is 3. The Bertz CT molecular complexity index is 1070. The van der Waals surface area contributed by atoms with Crippen LogP contribution in [0.25, 0.3) is 16.8 Å². The summed E-state index contributed by atoms with van der Waals surface area (Å²) in [4.78, 5) is 24.0. The van der Waals surface area contributed by atoms with Crippen LogP contribution < -0.4 is 10.6 Å². The summed E-state index contributed by atoms with van der Waals surface area (Å²) in [6.07, 6.45) is 3.16. The molecule has 0 aromatic heterocycles. The fraction of sp³-hybridized carbons (Fsp3) is 0.0455. The van der Waals surface area contributed by atoms with Crippen molar-refractivity contribution >= 4 is 51.7 Å². The highest BCUT2D eigenvalue weighted by molar-refractivity contribution is 7.80. The van der Waals surface area contributed by atoms with Gasteiger partial charge in [-0.05, 0) is 46.8 Å². The van der Waals surface area contributed by atoms with Crippen molar-refractivity contribution in [3.63, 3.8) is 0 Å². The molecule has 28 heavy (non-hydrogen) atoms. The maximum absolute atomic E-state index is 12.2. The first-order chi connectivity index (χ1) is 13.6. The molecule has 0 aliphatic carbocycles. The minimum atomic E-state index is -0.493. The van der Waals surface area contributed by atoms with E-state index in [1.54, 1.807) is 30.3 Å². The summed E-state index contributed by atoms with van der Waals surface area (Å²) in [7, 11) is 1.30. The van der Waals surface area contributed by atoms with Crippen LogP contribution in [0.4, 0.5) is 5.69 Å². The average Bonchev–Trinajstić information content (AvgIpc) is 2.72. The van der Waals surface area contributed by atoms with Crippen LogP contribution in [-0.2, 0) is 9.53 Å². The molecule has 5 nitrogen and oxygen atoms in total. The minimum Gasteiger partial charge on any atom is -0.465 e. The number of methoxy groups -OCH3 is 1. The second-order valence-electron chi connectivity index (χ2n) is 5.88. The number of thiocarbonyl (C=S) groups is 1. The van der Waals surface area contributed by atoms with Crippen molar-refractivity contribution in [1.82, 2.24) is 5.32 Å². The summed E-state index contributed by atoms with van der Waals surface area (Å²) in [5, 5.41) is 7.67. The second-order valence-corrected chi connectivity index (χ2v) is 6.29. The number of carbonyl (C=O) groups is 2. The third kappa shape index (κ3) is 4.61. The predicted octanol–water partition coefficient (Wildman–Crippen LogP) is 4.15. The Morgan fingerprint density at radius 2 is 1.68 bits per heavy atom. The molecule has 3 aromatic carbocycles. The number of hydrogen-bond donors (Lipinski definition) is 2. The van der Waals surface area contributed by atoms with Crippen LogP contribution in [-0.4, -0.2) is 24.1 Å². The van der Waals surface area contributed by atoms with Crippen molar-refractivity contribution < 1.29 is 14.3 Å². The topological polar surface area (TPSA) is 67.4 Å². The highest BCUT2D eigenvalue weighted by Crippen LogP contribution is 2.19. The monoisotopic (exact) mass is 390 g/mol. The zero-order valence-electron chi connectivity index (χ0n) is 15.1. The third-order valence-electron chi connectivity index (χ3n) is 4.05. The molecule has 3 rings (SSSR count). The highest BCUT2D eigenvalue weighted by Gasteiger charge is 2.12. The number of esters is 1. The molecule has 0 unspecified atom stereocenters. The van der Waals surface area contributed by atoms with E-state index < -0.39 is 5.97 Å². The summed E-state index contributed by atoms with van der Waals surface area (Å²) in [6, 6.07) is 20.6. The Morgan fingerprint density at radius 3 is 2.50 bits per heavy atom.